The van der Waals surface area contributed by atoms with Crippen molar-refractivity contribution in [1.29, 1.82) is 0 Å². The number of nitrogen functional groups attached to an aromatic ring is 2. The summed E-state index contributed by atoms with van der Waals surface area (Å²) in [6.45, 7) is 0. The fraction of sp³-hybridized carbons (Fsp3) is 0.0769. The van der Waals surface area contributed by atoms with E-state index in [9.17, 15) is 8.42 Å². The molecule has 0 bridgehead atoms. The van der Waals surface area contributed by atoms with Gasteiger partial charge in [0.2, 0.25) is 0 Å². The maximum atomic E-state index is 11.7. The second-order valence-electron chi connectivity index (χ2n) is 4.27. The van der Waals surface area contributed by atoms with Crippen LogP contribution >= 0.6 is 0 Å². The van der Waals surface area contributed by atoms with Crippen molar-refractivity contribution in [2.45, 2.75) is 4.90 Å². The van der Waals surface area contributed by atoms with E-state index >= 15 is 0 Å². The average molecular weight is 277 g/mol. The van der Waals surface area contributed by atoms with Crippen molar-refractivity contribution in [2.24, 2.45) is 0 Å². The van der Waals surface area contributed by atoms with Crippen molar-refractivity contribution in [3.63, 3.8) is 0 Å². The summed E-state index contributed by atoms with van der Waals surface area (Å²) in [6, 6.07) is 11.8. The van der Waals surface area contributed by atoms with Crippen molar-refractivity contribution < 1.29 is 8.42 Å². The molecule has 0 aliphatic carbocycles. The van der Waals surface area contributed by atoms with Crippen LogP contribution in [0.25, 0.3) is 0 Å². The van der Waals surface area contributed by atoms with E-state index in [2.05, 4.69) is 5.32 Å². The average Bonchev–Trinajstić information content (AvgIpc) is 2.33. The van der Waals surface area contributed by atoms with Gasteiger partial charge in [0.25, 0.3) is 0 Å². The van der Waals surface area contributed by atoms with Crippen molar-refractivity contribution in [2.75, 3.05) is 23.0 Å². The van der Waals surface area contributed by atoms with E-state index in [-0.39, 0.29) is 4.90 Å². The zero-order chi connectivity index (χ0) is 14.0. The lowest BCUT2D eigenvalue weighted by molar-refractivity contribution is 0.602. The van der Waals surface area contributed by atoms with E-state index in [0.29, 0.717) is 17.1 Å². The normalized spacial score (nSPS) is 11.2. The molecule has 2 aromatic carbocycles. The van der Waals surface area contributed by atoms with Gasteiger partial charge in [0.05, 0.1) is 10.6 Å². The third-order valence-corrected chi connectivity index (χ3v) is 3.73. The van der Waals surface area contributed by atoms with E-state index in [0.717, 1.165) is 11.9 Å². The Morgan fingerprint density at radius 2 is 1.53 bits per heavy atom. The van der Waals surface area contributed by atoms with Gasteiger partial charge in [-0.05, 0) is 42.5 Å². The summed E-state index contributed by atoms with van der Waals surface area (Å²) in [6.07, 6.45) is 1.15. The second-order valence-corrected chi connectivity index (χ2v) is 6.26. The van der Waals surface area contributed by atoms with Crippen LogP contribution in [-0.2, 0) is 9.84 Å². The second kappa shape index (κ2) is 4.81. The molecule has 0 saturated carbocycles. The van der Waals surface area contributed by atoms with Crippen LogP contribution in [0.1, 0.15) is 0 Å². The largest absolute Gasteiger partial charge is 0.399 e. The Bertz CT molecular complexity index is 694. The first-order valence-electron chi connectivity index (χ1n) is 5.58. The molecule has 0 aliphatic heterocycles. The van der Waals surface area contributed by atoms with Gasteiger partial charge in [0, 0.05) is 23.3 Å². The van der Waals surface area contributed by atoms with Gasteiger partial charge in [-0.1, -0.05) is 0 Å². The summed E-state index contributed by atoms with van der Waals surface area (Å²) in [4.78, 5) is 0.171. The van der Waals surface area contributed by atoms with E-state index in [1.54, 1.807) is 36.4 Å². The summed E-state index contributed by atoms with van der Waals surface area (Å²) in [5.41, 5.74) is 13.5. The number of benzene rings is 2. The van der Waals surface area contributed by atoms with Crippen LogP contribution < -0.4 is 16.8 Å². The number of hydrogen-bond acceptors (Lipinski definition) is 5. The predicted octanol–water partition coefficient (Wildman–Crippen LogP) is 2.00. The Kier molecular flexibility index (Phi) is 3.35. The van der Waals surface area contributed by atoms with Crippen LogP contribution in [0, 0.1) is 0 Å². The number of nitrogens with two attached hydrogens (primary N) is 2. The third kappa shape index (κ3) is 3.17. The summed E-state index contributed by atoms with van der Waals surface area (Å²) < 4.78 is 23.5. The molecule has 0 spiro atoms. The summed E-state index contributed by atoms with van der Waals surface area (Å²) in [5, 5.41) is 3.04. The zero-order valence-corrected chi connectivity index (χ0v) is 11.2. The molecular weight excluding hydrogens is 262 g/mol. The van der Waals surface area contributed by atoms with Crippen molar-refractivity contribution in [3.8, 4) is 0 Å². The quantitative estimate of drug-likeness (QED) is 0.745. The van der Waals surface area contributed by atoms with Gasteiger partial charge in [-0.15, -0.1) is 0 Å². The highest BCUT2D eigenvalue weighted by atomic mass is 32.2. The van der Waals surface area contributed by atoms with Gasteiger partial charge in [-0.3, -0.25) is 0 Å². The molecule has 5 N–H and O–H groups in total. The molecule has 0 amide bonds. The molecular formula is C13H15N3O2S. The lowest BCUT2D eigenvalue weighted by Gasteiger charge is -2.11. The Hall–Kier alpha value is -2.21. The molecule has 0 saturated heterocycles. The van der Waals surface area contributed by atoms with Crippen molar-refractivity contribution in [3.05, 3.63) is 42.5 Å². The maximum absolute atomic E-state index is 11.7. The van der Waals surface area contributed by atoms with E-state index in [1.165, 1.54) is 6.07 Å². The molecule has 0 atom stereocenters. The van der Waals surface area contributed by atoms with Crippen LogP contribution in [-0.4, -0.2) is 14.7 Å². The SMILES string of the molecule is CS(=O)(=O)c1cc(N)ccc1Nc1ccc(N)cc1. The Morgan fingerprint density at radius 1 is 0.947 bits per heavy atom. The lowest BCUT2D eigenvalue weighted by Crippen LogP contribution is -2.04. The molecule has 2 rings (SSSR count). The highest BCUT2D eigenvalue weighted by molar-refractivity contribution is 7.90. The van der Waals surface area contributed by atoms with Crippen LogP contribution in [0.15, 0.2) is 47.4 Å². The minimum absolute atomic E-state index is 0.171. The van der Waals surface area contributed by atoms with E-state index < -0.39 is 9.84 Å². The topological polar surface area (TPSA) is 98.2 Å². The Labute approximate surface area is 112 Å². The van der Waals surface area contributed by atoms with Crippen LogP contribution in [0.4, 0.5) is 22.7 Å². The first-order valence-corrected chi connectivity index (χ1v) is 7.47. The van der Waals surface area contributed by atoms with Gasteiger partial charge in [0.1, 0.15) is 0 Å². The fourth-order valence-corrected chi connectivity index (χ4v) is 2.54. The van der Waals surface area contributed by atoms with Gasteiger partial charge in [-0.2, -0.15) is 0 Å². The van der Waals surface area contributed by atoms with Crippen molar-refractivity contribution >= 4 is 32.6 Å². The smallest absolute Gasteiger partial charge is 0.177 e. The van der Waals surface area contributed by atoms with Crippen LogP contribution in [0.5, 0.6) is 0 Å². The van der Waals surface area contributed by atoms with Crippen LogP contribution in [0.3, 0.4) is 0 Å². The number of rotatable bonds is 3. The summed E-state index contributed by atoms with van der Waals surface area (Å²) >= 11 is 0. The van der Waals surface area contributed by atoms with E-state index in [1.807, 2.05) is 0 Å². The summed E-state index contributed by atoms with van der Waals surface area (Å²) in [7, 11) is -3.35. The molecule has 0 fully saturated rings. The van der Waals surface area contributed by atoms with Gasteiger partial charge in [0.15, 0.2) is 9.84 Å². The fourth-order valence-electron chi connectivity index (χ4n) is 1.67. The number of nitrogens with one attached hydrogen (secondary N) is 1. The molecule has 0 unspecified atom stereocenters. The van der Waals surface area contributed by atoms with Gasteiger partial charge < -0.3 is 16.8 Å². The molecule has 19 heavy (non-hydrogen) atoms. The summed E-state index contributed by atoms with van der Waals surface area (Å²) in [5.74, 6) is 0. The minimum Gasteiger partial charge on any atom is -0.399 e. The number of hydrogen-bond donors (Lipinski definition) is 3. The molecule has 6 heteroatoms. The van der Waals surface area contributed by atoms with Gasteiger partial charge >= 0.3 is 0 Å². The molecule has 5 nitrogen and oxygen atoms in total. The number of anilines is 4. The molecule has 2 aromatic rings. The first kappa shape index (κ1) is 13.2. The van der Waals surface area contributed by atoms with E-state index in [4.69, 9.17) is 11.5 Å². The highest BCUT2D eigenvalue weighted by Gasteiger charge is 2.13. The van der Waals surface area contributed by atoms with Gasteiger partial charge in [-0.25, -0.2) is 8.42 Å². The highest BCUT2D eigenvalue weighted by Crippen LogP contribution is 2.27. The molecule has 0 aromatic heterocycles. The lowest BCUT2D eigenvalue weighted by atomic mass is 10.2. The molecule has 100 valence electrons. The first-order chi connectivity index (χ1) is 8.86. The maximum Gasteiger partial charge on any atom is 0.177 e. The molecule has 0 aliphatic rings. The standard InChI is InChI=1S/C13H15N3O2S/c1-19(17,18)13-8-10(15)4-7-12(13)16-11-5-2-9(14)3-6-11/h2-8,16H,14-15H2,1H3. The monoisotopic (exact) mass is 277 g/mol. The minimum atomic E-state index is -3.35. The number of sulfone groups is 1. The Morgan fingerprint density at radius 3 is 2.11 bits per heavy atom. The zero-order valence-electron chi connectivity index (χ0n) is 10.4. The van der Waals surface area contributed by atoms with Crippen LogP contribution in [0.2, 0.25) is 0 Å². The van der Waals surface area contributed by atoms with Crippen molar-refractivity contribution in [1.82, 2.24) is 0 Å². The Balaban J connectivity index is 2.43. The molecule has 0 heterocycles. The third-order valence-electron chi connectivity index (χ3n) is 2.59. The predicted molar refractivity (Wildman–Crippen MR) is 78.1 cm³/mol. The molecule has 0 radical (unpaired) electrons.